The van der Waals surface area contributed by atoms with E-state index in [-0.39, 0.29) is 5.97 Å². The van der Waals surface area contributed by atoms with Crippen LogP contribution in [0.5, 0.6) is 0 Å². The highest BCUT2D eigenvalue weighted by Crippen LogP contribution is 2.16. The maximum Gasteiger partial charge on any atom is 0.337 e. The number of carbonyl (C=O) groups is 1. The Hall–Kier alpha value is -3.19. The number of hydrogen-bond donors (Lipinski definition) is 2. The van der Waals surface area contributed by atoms with Crippen molar-refractivity contribution < 1.29 is 9.53 Å². The monoisotopic (exact) mass is 369 g/mol. The lowest BCUT2D eigenvalue weighted by molar-refractivity contribution is 0.0601. The zero-order valence-electron chi connectivity index (χ0n) is 13.9. The summed E-state index contributed by atoms with van der Waals surface area (Å²) in [6, 6.07) is 14.3. The molecular formula is C18H16ClN5O2. The Morgan fingerprint density at radius 3 is 2.54 bits per heavy atom. The SMILES string of the molecule is COC(=O)c1ccc(Nc2nncc(NCc3ccc(Cl)cc3)n2)cc1. The Morgan fingerprint density at radius 2 is 1.85 bits per heavy atom. The van der Waals surface area contributed by atoms with E-state index in [1.807, 2.05) is 24.3 Å². The minimum atomic E-state index is -0.386. The number of nitrogens with one attached hydrogen (secondary N) is 2. The maximum atomic E-state index is 11.4. The molecule has 0 aliphatic rings. The fraction of sp³-hybridized carbons (Fsp3) is 0.111. The van der Waals surface area contributed by atoms with Gasteiger partial charge in [-0.3, -0.25) is 0 Å². The molecule has 1 aromatic heterocycles. The number of hydrogen-bond acceptors (Lipinski definition) is 7. The van der Waals surface area contributed by atoms with Crippen molar-refractivity contribution in [2.45, 2.75) is 6.54 Å². The second-order valence-corrected chi connectivity index (χ2v) is 5.78. The molecule has 0 saturated carbocycles. The fourth-order valence-electron chi connectivity index (χ4n) is 2.17. The Morgan fingerprint density at radius 1 is 1.12 bits per heavy atom. The summed E-state index contributed by atoms with van der Waals surface area (Å²) in [6.45, 7) is 0.586. The van der Waals surface area contributed by atoms with Crippen molar-refractivity contribution in [1.29, 1.82) is 0 Å². The number of aromatic nitrogens is 3. The zero-order chi connectivity index (χ0) is 18.4. The molecule has 132 valence electrons. The molecule has 26 heavy (non-hydrogen) atoms. The van der Waals surface area contributed by atoms with Crippen molar-refractivity contribution >= 4 is 35.0 Å². The third-order valence-corrected chi connectivity index (χ3v) is 3.76. The standard InChI is InChI=1S/C18H16ClN5O2/c1-26-17(25)13-4-8-15(9-5-13)22-18-23-16(11-21-24-18)20-10-12-2-6-14(19)7-3-12/h2-9,11H,10H2,1H3,(H2,20,22,23,24). The van der Waals surface area contributed by atoms with Crippen LogP contribution < -0.4 is 10.6 Å². The Kier molecular flexibility index (Phi) is 5.60. The molecule has 0 saturated heterocycles. The summed E-state index contributed by atoms with van der Waals surface area (Å²) < 4.78 is 4.67. The van der Waals surface area contributed by atoms with Crippen LogP contribution >= 0.6 is 11.6 Å². The maximum absolute atomic E-state index is 11.4. The summed E-state index contributed by atoms with van der Waals surface area (Å²) in [5, 5.41) is 14.8. The van der Waals surface area contributed by atoms with E-state index in [1.165, 1.54) is 7.11 Å². The van der Waals surface area contributed by atoms with Crippen molar-refractivity contribution in [2.75, 3.05) is 17.7 Å². The predicted octanol–water partition coefficient (Wildman–Crippen LogP) is 3.67. The molecule has 0 amide bonds. The molecule has 0 radical (unpaired) electrons. The molecule has 0 aliphatic heterocycles. The number of halogens is 1. The van der Waals surface area contributed by atoms with Crippen LogP contribution in [0.1, 0.15) is 15.9 Å². The van der Waals surface area contributed by atoms with Crippen LogP contribution in [0.3, 0.4) is 0 Å². The van der Waals surface area contributed by atoms with E-state index in [9.17, 15) is 4.79 Å². The van der Waals surface area contributed by atoms with Gasteiger partial charge in [-0.1, -0.05) is 23.7 Å². The number of benzene rings is 2. The van der Waals surface area contributed by atoms with Gasteiger partial charge in [-0.05, 0) is 42.0 Å². The van der Waals surface area contributed by atoms with Gasteiger partial charge in [0.05, 0.1) is 18.9 Å². The van der Waals surface area contributed by atoms with Crippen molar-refractivity contribution in [1.82, 2.24) is 15.2 Å². The van der Waals surface area contributed by atoms with E-state index >= 15 is 0 Å². The average Bonchev–Trinajstić information content (AvgIpc) is 2.68. The van der Waals surface area contributed by atoms with Crippen molar-refractivity contribution in [3.63, 3.8) is 0 Å². The third-order valence-electron chi connectivity index (χ3n) is 3.51. The summed E-state index contributed by atoms with van der Waals surface area (Å²) in [5.41, 5.74) is 2.27. The molecule has 0 fully saturated rings. The molecule has 3 aromatic rings. The minimum absolute atomic E-state index is 0.344. The molecule has 1 heterocycles. The van der Waals surface area contributed by atoms with E-state index in [1.54, 1.807) is 30.5 Å². The third kappa shape index (κ3) is 4.67. The number of carbonyl (C=O) groups excluding carboxylic acids is 1. The number of nitrogens with zero attached hydrogens (tertiary/aromatic N) is 3. The first-order valence-electron chi connectivity index (χ1n) is 7.77. The van der Waals surface area contributed by atoms with Gasteiger partial charge < -0.3 is 15.4 Å². The number of anilines is 3. The Balaban J connectivity index is 1.63. The first-order chi connectivity index (χ1) is 12.6. The van der Waals surface area contributed by atoms with Crippen molar-refractivity contribution in [2.24, 2.45) is 0 Å². The second-order valence-electron chi connectivity index (χ2n) is 5.34. The molecule has 8 heteroatoms. The lowest BCUT2D eigenvalue weighted by Gasteiger charge is -2.08. The van der Waals surface area contributed by atoms with Crippen LogP contribution in [-0.2, 0) is 11.3 Å². The van der Waals surface area contributed by atoms with E-state index in [0.29, 0.717) is 28.9 Å². The summed E-state index contributed by atoms with van der Waals surface area (Å²) in [7, 11) is 1.34. The molecule has 3 rings (SSSR count). The highest BCUT2D eigenvalue weighted by molar-refractivity contribution is 6.30. The lowest BCUT2D eigenvalue weighted by Crippen LogP contribution is -2.06. The van der Waals surface area contributed by atoms with E-state index in [2.05, 4.69) is 30.6 Å². The molecule has 7 nitrogen and oxygen atoms in total. The first kappa shape index (κ1) is 17.6. The van der Waals surface area contributed by atoms with Crippen LogP contribution in [0.25, 0.3) is 0 Å². The molecule has 0 aliphatic carbocycles. The van der Waals surface area contributed by atoms with Gasteiger partial charge in [0.25, 0.3) is 0 Å². The van der Waals surface area contributed by atoms with Gasteiger partial charge >= 0.3 is 5.97 Å². The molecule has 2 N–H and O–H groups in total. The summed E-state index contributed by atoms with van der Waals surface area (Å²) in [5.74, 6) is 0.545. The Labute approximate surface area is 155 Å². The van der Waals surface area contributed by atoms with Gasteiger partial charge in [-0.15, -0.1) is 5.10 Å². The second kappa shape index (κ2) is 8.26. The largest absolute Gasteiger partial charge is 0.465 e. The number of esters is 1. The van der Waals surface area contributed by atoms with Gasteiger partial charge in [0, 0.05) is 17.3 Å². The normalized spacial score (nSPS) is 10.2. The Bertz CT molecular complexity index is 885. The number of ether oxygens (including phenoxy) is 1. The van der Waals surface area contributed by atoms with Gasteiger partial charge in [-0.25, -0.2) is 4.79 Å². The molecule has 0 bridgehead atoms. The quantitative estimate of drug-likeness (QED) is 0.641. The topological polar surface area (TPSA) is 89.0 Å². The van der Waals surface area contributed by atoms with Crippen molar-refractivity contribution in [3.05, 3.63) is 70.9 Å². The lowest BCUT2D eigenvalue weighted by atomic mass is 10.2. The fourth-order valence-corrected chi connectivity index (χ4v) is 2.30. The zero-order valence-corrected chi connectivity index (χ0v) is 14.7. The molecular weight excluding hydrogens is 354 g/mol. The van der Waals surface area contributed by atoms with Crippen LogP contribution in [0.15, 0.2) is 54.7 Å². The van der Waals surface area contributed by atoms with E-state index in [0.717, 1.165) is 11.3 Å². The van der Waals surface area contributed by atoms with E-state index in [4.69, 9.17) is 11.6 Å². The molecule has 0 spiro atoms. The van der Waals surface area contributed by atoms with Gasteiger partial charge in [0.2, 0.25) is 5.95 Å². The number of methoxy groups -OCH3 is 1. The van der Waals surface area contributed by atoms with Crippen molar-refractivity contribution in [3.8, 4) is 0 Å². The van der Waals surface area contributed by atoms with Crippen LogP contribution in [0.4, 0.5) is 17.5 Å². The van der Waals surface area contributed by atoms with Gasteiger partial charge in [0.1, 0.15) is 0 Å². The van der Waals surface area contributed by atoms with Crippen LogP contribution in [0, 0.1) is 0 Å². The van der Waals surface area contributed by atoms with Crippen LogP contribution in [0.2, 0.25) is 5.02 Å². The number of rotatable bonds is 6. The summed E-state index contributed by atoms with van der Waals surface area (Å²) >= 11 is 5.88. The molecule has 0 atom stereocenters. The molecule has 2 aromatic carbocycles. The smallest absolute Gasteiger partial charge is 0.337 e. The van der Waals surface area contributed by atoms with Gasteiger partial charge in [0.15, 0.2) is 5.82 Å². The average molecular weight is 370 g/mol. The highest BCUT2D eigenvalue weighted by atomic mass is 35.5. The van der Waals surface area contributed by atoms with Gasteiger partial charge in [-0.2, -0.15) is 10.1 Å². The minimum Gasteiger partial charge on any atom is -0.465 e. The summed E-state index contributed by atoms with van der Waals surface area (Å²) in [6.07, 6.45) is 1.54. The highest BCUT2D eigenvalue weighted by Gasteiger charge is 2.06. The first-order valence-corrected chi connectivity index (χ1v) is 8.15. The molecule has 0 unspecified atom stereocenters. The van der Waals surface area contributed by atoms with Crippen LogP contribution in [-0.4, -0.2) is 28.3 Å². The van der Waals surface area contributed by atoms with E-state index < -0.39 is 0 Å². The predicted molar refractivity (Wildman–Crippen MR) is 99.7 cm³/mol. The summed E-state index contributed by atoms with van der Waals surface area (Å²) in [4.78, 5) is 15.8.